The topological polar surface area (TPSA) is 73.3 Å². The second kappa shape index (κ2) is 10.9. The molecular weight excluding hydrogens is 461 g/mol. The molecule has 1 aromatic heterocycles. The first-order valence-corrected chi connectivity index (χ1v) is 10.6. The van der Waals surface area contributed by atoms with Gasteiger partial charge in [0.05, 0.1) is 35.4 Å². The van der Waals surface area contributed by atoms with Crippen molar-refractivity contribution in [3.8, 4) is 23.3 Å². The maximum Gasteiger partial charge on any atom is 0.247 e. The molecule has 1 amide bonds. The molecule has 33 heavy (non-hydrogen) atoms. The van der Waals surface area contributed by atoms with E-state index in [9.17, 15) is 4.79 Å². The van der Waals surface area contributed by atoms with Gasteiger partial charge in [0, 0.05) is 30.6 Å². The lowest BCUT2D eigenvalue weighted by molar-refractivity contribution is -0.111. The molecule has 3 rings (SSSR count). The van der Waals surface area contributed by atoms with E-state index in [0.29, 0.717) is 50.6 Å². The molecule has 0 unspecified atom stereocenters. The number of amides is 1. The molecule has 0 spiro atoms. The van der Waals surface area contributed by atoms with Crippen LogP contribution < -0.4 is 14.8 Å². The minimum Gasteiger partial charge on any atom is -0.495 e. The molecule has 0 fully saturated rings. The highest BCUT2D eigenvalue weighted by Crippen LogP contribution is 2.39. The standard InChI is InChI=1S/C25H21Cl2N3O3/c1-5-23(31)30-19-8-6-7-15(2)18(19)11-22-28-13-16(14-29-22)9-10-17-24(26)20(32-3)12-21(33-4)25(17)27/h5-8,12-14H,1,11H2,2-4H3,(H,30,31). The van der Waals surface area contributed by atoms with E-state index >= 15 is 0 Å². The smallest absolute Gasteiger partial charge is 0.247 e. The molecule has 0 saturated heterocycles. The summed E-state index contributed by atoms with van der Waals surface area (Å²) in [6.07, 6.45) is 4.91. The lowest BCUT2D eigenvalue weighted by Gasteiger charge is -2.12. The molecule has 6 nitrogen and oxygen atoms in total. The summed E-state index contributed by atoms with van der Waals surface area (Å²) in [4.78, 5) is 20.6. The Hall–Kier alpha value is -3.53. The summed E-state index contributed by atoms with van der Waals surface area (Å²) in [5, 5.41) is 3.41. The first kappa shape index (κ1) is 24.1. The zero-order valence-electron chi connectivity index (χ0n) is 18.3. The minimum absolute atomic E-state index is 0.278. The van der Waals surface area contributed by atoms with Gasteiger partial charge in [0.15, 0.2) is 0 Å². The number of benzene rings is 2. The summed E-state index contributed by atoms with van der Waals surface area (Å²) < 4.78 is 10.5. The summed E-state index contributed by atoms with van der Waals surface area (Å²) in [6.45, 7) is 5.46. The van der Waals surface area contributed by atoms with Crippen molar-refractivity contribution in [2.45, 2.75) is 13.3 Å². The number of hydrogen-bond acceptors (Lipinski definition) is 5. The minimum atomic E-state index is -0.278. The Balaban J connectivity index is 1.87. The number of nitrogens with one attached hydrogen (secondary N) is 1. The van der Waals surface area contributed by atoms with Gasteiger partial charge in [-0.25, -0.2) is 9.97 Å². The molecule has 0 aliphatic heterocycles. The van der Waals surface area contributed by atoms with Crippen LogP contribution in [0, 0.1) is 18.8 Å². The fourth-order valence-electron chi connectivity index (χ4n) is 3.04. The number of halogens is 2. The average Bonchev–Trinajstić information content (AvgIpc) is 2.82. The van der Waals surface area contributed by atoms with Gasteiger partial charge in [-0.15, -0.1) is 0 Å². The quantitative estimate of drug-likeness (QED) is 0.385. The summed E-state index contributed by atoms with van der Waals surface area (Å²) in [5.41, 5.74) is 3.61. The second-order valence-electron chi connectivity index (χ2n) is 6.89. The molecule has 168 valence electrons. The van der Waals surface area contributed by atoms with Crippen LogP contribution in [0.4, 0.5) is 5.69 Å². The summed E-state index contributed by atoms with van der Waals surface area (Å²) in [6, 6.07) is 7.28. The molecule has 0 saturated carbocycles. The highest BCUT2D eigenvalue weighted by molar-refractivity contribution is 6.38. The predicted molar refractivity (Wildman–Crippen MR) is 130 cm³/mol. The first-order valence-electron chi connectivity index (χ1n) is 9.82. The van der Waals surface area contributed by atoms with Crippen LogP contribution in [0.5, 0.6) is 11.5 Å². The fourth-order valence-corrected chi connectivity index (χ4v) is 3.63. The number of rotatable bonds is 6. The maximum absolute atomic E-state index is 11.7. The van der Waals surface area contributed by atoms with Gasteiger partial charge in [-0.1, -0.05) is 53.8 Å². The molecule has 0 radical (unpaired) electrons. The lowest BCUT2D eigenvalue weighted by Crippen LogP contribution is -2.11. The number of hydrogen-bond donors (Lipinski definition) is 1. The molecule has 0 aliphatic rings. The summed E-state index contributed by atoms with van der Waals surface area (Å²) in [5.74, 6) is 7.05. The number of nitrogens with zero attached hydrogens (tertiary/aromatic N) is 2. The number of aromatic nitrogens is 2. The molecule has 0 atom stereocenters. The van der Waals surface area contributed by atoms with E-state index in [0.717, 1.165) is 11.1 Å². The Morgan fingerprint density at radius 1 is 1.12 bits per heavy atom. The van der Waals surface area contributed by atoms with Gasteiger partial charge < -0.3 is 14.8 Å². The molecule has 8 heteroatoms. The van der Waals surface area contributed by atoms with Crippen LogP contribution in [-0.4, -0.2) is 30.1 Å². The molecule has 2 aromatic carbocycles. The van der Waals surface area contributed by atoms with E-state index in [1.54, 1.807) is 18.5 Å². The van der Waals surface area contributed by atoms with Crippen molar-refractivity contribution in [1.82, 2.24) is 9.97 Å². The molecule has 0 bridgehead atoms. The largest absolute Gasteiger partial charge is 0.495 e. The number of ether oxygens (including phenoxy) is 2. The first-order chi connectivity index (χ1) is 15.9. The van der Waals surface area contributed by atoms with E-state index in [4.69, 9.17) is 32.7 Å². The molecule has 3 aromatic rings. The third kappa shape index (κ3) is 5.64. The van der Waals surface area contributed by atoms with Crippen LogP contribution in [0.2, 0.25) is 10.0 Å². The molecular formula is C25H21Cl2N3O3. The Labute approximate surface area is 202 Å². The van der Waals surface area contributed by atoms with Crippen molar-refractivity contribution in [2.24, 2.45) is 0 Å². The van der Waals surface area contributed by atoms with Crippen LogP contribution in [0.15, 0.2) is 49.3 Å². The van der Waals surface area contributed by atoms with Gasteiger partial charge in [-0.05, 0) is 30.2 Å². The number of aryl methyl sites for hydroxylation is 1. The highest BCUT2D eigenvalue weighted by atomic mass is 35.5. The van der Waals surface area contributed by atoms with Gasteiger partial charge in [0.1, 0.15) is 17.3 Å². The fraction of sp³-hybridized carbons (Fsp3) is 0.160. The van der Waals surface area contributed by atoms with Crippen LogP contribution in [0.1, 0.15) is 28.1 Å². The summed E-state index contributed by atoms with van der Waals surface area (Å²) >= 11 is 12.7. The van der Waals surface area contributed by atoms with Crippen LogP contribution in [0.25, 0.3) is 0 Å². The number of anilines is 1. The highest BCUT2D eigenvalue weighted by Gasteiger charge is 2.16. The van der Waals surface area contributed by atoms with Crippen molar-refractivity contribution >= 4 is 34.8 Å². The molecule has 1 heterocycles. The van der Waals surface area contributed by atoms with E-state index in [-0.39, 0.29) is 5.91 Å². The number of carbonyl (C=O) groups is 1. The van der Waals surface area contributed by atoms with Crippen LogP contribution in [0.3, 0.4) is 0 Å². The zero-order valence-corrected chi connectivity index (χ0v) is 19.8. The predicted octanol–water partition coefficient (Wildman–Crippen LogP) is 5.22. The SMILES string of the molecule is C=CC(=O)Nc1cccc(C)c1Cc1ncc(C#Cc2c(Cl)c(OC)cc(OC)c2Cl)cn1. The Morgan fingerprint density at radius 3 is 2.33 bits per heavy atom. The van der Waals surface area contributed by atoms with Gasteiger partial charge in [-0.2, -0.15) is 0 Å². The third-order valence-electron chi connectivity index (χ3n) is 4.80. The van der Waals surface area contributed by atoms with Crippen molar-refractivity contribution in [3.05, 3.63) is 87.4 Å². The van der Waals surface area contributed by atoms with Crippen LogP contribution in [-0.2, 0) is 11.2 Å². The Kier molecular flexibility index (Phi) is 7.94. The normalized spacial score (nSPS) is 10.1. The van der Waals surface area contributed by atoms with E-state index < -0.39 is 0 Å². The van der Waals surface area contributed by atoms with Crippen molar-refractivity contribution in [3.63, 3.8) is 0 Å². The van der Waals surface area contributed by atoms with E-state index in [1.165, 1.54) is 20.3 Å². The monoisotopic (exact) mass is 481 g/mol. The Morgan fingerprint density at radius 2 is 1.76 bits per heavy atom. The third-order valence-corrected chi connectivity index (χ3v) is 5.55. The second-order valence-corrected chi connectivity index (χ2v) is 7.65. The summed E-state index contributed by atoms with van der Waals surface area (Å²) in [7, 11) is 3.00. The van der Waals surface area contributed by atoms with Gasteiger partial charge in [-0.3, -0.25) is 4.79 Å². The van der Waals surface area contributed by atoms with E-state index in [2.05, 4.69) is 33.7 Å². The van der Waals surface area contributed by atoms with Crippen molar-refractivity contribution in [1.29, 1.82) is 0 Å². The van der Waals surface area contributed by atoms with Gasteiger partial charge >= 0.3 is 0 Å². The molecule has 1 N–H and O–H groups in total. The zero-order chi connectivity index (χ0) is 24.0. The van der Waals surface area contributed by atoms with Gasteiger partial charge in [0.2, 0.25) is 5.91 Å². The Bertz CT molecular complexity index is 1230. The maximum atomic E-state index is 11.7. The van der Waals surface area contributed by atoms with Crippen molar-refractivity contribution < 1.29 is 14.3 Å². The lowest BCUT2D eigenvalue weighted by atomic mass is 10.0. The van der Waals surface area contributed by atoms with E-state index in [1.807, 2.05) is 25.1 Å². The molecule has 0 aliphatic carbocycles. The van der Waals surface area contributed by atoms with Crippen molar-refractivity contribution in [2.75, 3.05) is 19.5 Å². The number of carbonyl (C=O) groups excluding carboxylic acids is 1. The number of methoxy groups -OCH3 is 2. The van der Waals surface area contributed by atoms with Gasteiger partial charge in [0.25, 0.3) is 0 Å². The van der Waals surface area contributed by atoms with Crippen LogP contribution >= 0.6 is 23.2 Å². The average molecular weight is 482 g/mol.